The number of para-hydroxylation sites is 2. The smallest absolute Gasteiger partial charge is 0.166 e. The molecule has 0 aliphatic carbocycles. The summed E-state index contributed by atoms with van der Waals surface area (Å²) in [6.45, 7) is 7.06. The van der Waals surface area contributed by atoms with Crippen molar-refractivity contribution in [1.29, 1.82) is 0 Å². The largest absolute Gasteiger partial charge is 0.504 e. The van der Waals surface area contributed by atoms with Gasteiger partial charge in [-0.25, -0.2) is 0 Å². The van der Waals surface area contributed by atoms with Crippen molar-refractivity contribution in [3.8, 4) is 23.0 Å². The number of hydrogen-bond acceptors (Lipinski definition) is 6. The predicted octanol–water partition coefficient (Wildman–Crippen LogP) is 3.82. The van der Waals surface area contributed by atoms with Gasteiger partial charge in [0.1, 0.15) is 0 Å². The van der Waals surface area contributed by atoms with Crippen molar-refractivity contribution in [2.24, 2.45) is 9.98 Å². The first-order valence-corrected chi connectivity index (χ1v) is 8.99. The molecule has 0 aliphatic rings. The van der Waals surface area contributed by atoms with E-state index in [9.17, 15) is 10.2 Å². The van der Waals surface area contributed by atoms with Crippen molar-refractivity contribution < 1.29 is 36.8 Å². The monoisotopic (exact) mass is 437 g/mol. The molecule has 0 fully saturated rings. The van der Waals surface area contributed by atoms with Gasteiger partial charge in [-0.15, -0.1) is 0 Å². The summed E-state index contributed by atoms with van der Waals surface area (Å²) in [5.74, 6) is 1.04. The molecule has 6 nitrogen and oxygen atoms in total. The summed E-state index contributed by atoms with van der Waals surface area (Å²) in [6.07, 6.45) is 3.22. The maximum Gasteiger partial charge on any atom is 0.166 e. The molecular weight excluding hydrogens is 411 g/mol. The number of nitrogens with zero attached hydrogens (tertiary/aromatic N) is 2. The quantitative estimate of drug-likeness (QED) is 0.462. The van der Waals surface area contributed by atoms with E-state index in [0.717, 1.165) is 0 Å². The van der Waals surface area contributed by atoms with E-state index >= 15 is 0 Å². The zero-order valence-corrected chi connectivity index (χ0v) is 17.2. The number of benzene rings is 2. The Hall–Kier alpha value is -2.50. The molecule has 0 amide bonds. The van der Waals surface area contributed by atoms with Gasteiger partial charge in [0.15, 0.2) is 23.0 Å². The SMILES string of the molecule is CCOc1cccc(C=NCC(C)N=Cc2cccc(OCC)c2O)c1O.[67Cu]. The van der Waals surface area contributed by atoms with Gasteiger partial charge < -0.3 is 19.7 Å². The van der Waals surface area contributed by atoms with Crippen LogP contribution in [0.15, 0.2) is 46.4 Å². The van der Waals surface area contributed by atoms with Crippen molar-refractivity contribution in [3.63, 3.8) is 0 Å². The number of phenolic OH excluding ortho intramolecular Hbond substituents is 2. The zero-order valence-electron chi connectivity index (χ0n) is 16.2. The van der Waals surface area contributed by atoms with Crippen molar-refractivity contribution in [2.75, 3.05) is 19.8 Å². The van der Waals surface area contributed by atoms with Gasteiger partial charge in [-0.3, -0.25) is 9.98 Å². The molecule has 2 aromatic rings. The molecule has 0 spiro atoms. The number of ether oxygens (including phenoxy) is 2. The number of phenols is 2. The minimum atomic E-state index is -0.0892. The molecule has 0 aromatic heterocycles. The van der Waals surface area contributed by atoms with Gasteiger partial charge >= 0.3 is 0 Å². The number of rotatable bonds is 9. The molecule has 0 aliphatic heterocycles. The second-order valence-corrected chi connectivity index (χ2v) is 5.88. The fraction of sp³-hybridized carbons (Fsp3) is 0.333. The van der Waals surface area contributed by atoms with Gasteiger partial charge in [-0.05, 0) is 45.0 Å². The molecule has 2 N–H and O–H groups in total. The van der Waals surface area contributed by atoms with E-state index < -0.39 is 0 Å². The van der Waals surface area contributed by atoms with E-state index in [-0.39, 0.29) is 34.6 Å². The first kappa shape index (κ1) is 23.5. The van der Waals surface area contributed by atoms with Crippen molar-refractivity contribution in [3.05, 3.63) is 47.5 Å². The van der Waals surface area contributed by atoms with E-state index in [1.54, 1.807) is 36.7 Å². The van der Waals surface area contributed by atoms with E-state index in [0.29, 0.717) is 42.4 Å². The van der Waals surface area contributed by atoms with E-state index in [4.69, 9.17) is 9.47 Å². The summed E-state index contributed by atoms with van der Waals surface area (Å²) < 4.78 is 10.7. The Bertz CT molecular complexity index is 809. The molecule has 0 saturated carbocycles. The Labute approximate surface area is 176 Å². The Morgan fingerprint density at radius 3 is 1.89 bits per heavy atom. The van der Waals surface area contributed by atoms with Gasteiger partial charge in [-0.2, -0.15) is 0 Å². The fourth-order valence-electron chi connectivity index (χ4n) is 2.39. The summed E-state index contributed by atoms with van der Waals surface area (Å²) in [7, 11) is 0. The van der Waals surface area contributed by atoms with Gasteiger partial charge in [0.2, 0.25) is 0 Å². The maximum absolute atomic E-state index is 10.2. The predicted molar refractivity (Wildman–Crippen MR) is 108 cm³/mol. The van der Waals surface area contributed by atoms with E-state index in [1.807, 2.05) is 32.9 Å². The molecule has 155 valence electrons. The van der Waals surface area contributed by atoms with Crippen LogP contribution in [-0.4, -0.2) is 48.4 Å². The normalized spacial score (nSPS) is 12.1. The molecule has 2 aromatic carbocycles. The molecule has 1 unspecified atom stereocenters. The van der Waals surface area contributed by atoms with Crippen LogP contribution in [0.4, 0.5) is 0 Å². The number of aliphatic imine (C=N–C) groups is 2. The van der Waals surface area contributed by atoms with Crippen LogP contribution in [-0.2, 0) is 17.1 Å². The molecule has 0 saturated heterocycles. The van der Waals surface area contributed by atoms with Crippen LogP contribution >= 0.6 is 0 Å². The van der Waals surface area contributed by atoms with Gasteiger partial charge in [0.25, 0.3) is 0 Å². The molecule has 28 heavy (non-hydrogen) atoms. The van der Waals surface area contributed by atoms with Gasteiger partial charge in [0, 0.05) is 40.6 Å². The Kier molecular flexibility index (Phi) is 10.1. The van der Waals surface area contributed by atoms with Crippen LogP contribution < -0.4 is 9.47 Å². The standard InChI is InChI=1S/C21H26N2O4.Cu/c1-4-26-18-10-6-8-16(20(18)24)13-22-12-15(3)23-14-17-9-7-11-19(21(17)25)27-5-2;/h6-11,13-15,24-25H,4-5,12H2,1-3H3;/i;1+3. The third kappa shape index (κ3) is 6.59. The van der Waals surface area contributed by atoms with Crippen molar-refractivity contribution >= 4 is 12.4 Å². The third-order valence-corrected chi connectivity index (χ3v) is 3.73. The van der Waals surface area contributed by atoms with Crippen LogP contribution in [0, 0.1) is 0 Å². The summed E-state index contributed by atoms with van der Waals surface area (Å²) >= 11 is 0. The van der Waals surface area contributed by atoms with Crippen molar-refractivity contribution in [1.82, 2.24) is 0 Å². The molecule has 0 heterocycles. The van der Waals surface area contributed by atoms with Crippen LogP contribution in [0.2, 0.25) is 0 Å². The molecule has 1 atom stereocenters. The fourth-order valence-corrected chi connectivity index (χ4v) is 2.39. The zero-order chi connectivity index (χ0) is 19.6. The van der Waals surface area contributed by atoms with Crippen molar-refractivity contribution in [2.45, 2.75) is 26.8 Å². The maximum atomic E-state index is 10.2. The Morgan fingerprint density at radius 1 is 0.893 bits per heavy atom. The molecule has 2 rings (SSSR count). The minimum absolute atomic E-state index is 0. The summed E-state index contributed by atoms with van der Waals surface area (Å²) in [5, 5.41) is 20.3. The van der Waals surface area contributed by atoms with Gasteiger partial charge in [-0.1, -0.05) is 12.1 Å². The average Bonchev–Trinajstić information content (AvgIpc) is 2.66. The molecule has 7 heteroatoms. The molecule has 0 bridgehead atoms. The second-order valence-electron chi connectivity index (χ2n) is 5.88. The van der Waals surface area contributed by atoms with Crippen LogP contribution in [0.5, 0.6) is 23.0 Å². The number of hydrogen-bond donors (Lipinski definition) is 2. The molecular formula is C21H26CuN2O4. The third-order valence-electron chi connectivity index (χ3n) is 3.73. The summed E-state index contributed by atoms with van der Waals surface area (Å²) in [5.41, 5.74) is 1.19. The Balaban J connectivity index is 0.00000392. The van der Waals surface area contributed by atoms with E-state index in [1.165, 1.54) is 0 Å². The van der Waals surface area contributed by atoms with Gasteiger partial charge in [0.05, 0.1) is 25.8 Å². The van der Waals surface area contributed by atoms with Crippen LogP contribution in [0.1, 0.15) is 31.9 Å². The number of aromatic hydroxyl groups is 2. The first-order chi connectivity index (χ1) is 13.1. The summed E-state index contributed by atoms with van der Waals surface area (Å²) in [6, 6.07) is 10.5. The minimum Gasteiger partial charge on any atom is -0.504 e. The Morgan fingerprint density at radius 2 is 1.39 bits per heavy atom. The topological polar surface area (TPSA) is 83.6 Å². The molecule has 1 radical (unpaired) electrons. The summed E-state index contributed by atoms with van der Waals surface area (Å²) in [4.78, 5) is 8.76. The second kappa shape index (κ2) is 12.1. The van der Waals surface area contributed by atoms with E-state index in [2.05, 4.69) is 9.98 Å². The average molecular weight is 437 g/mol. The van der Waals surface area contributed by atoms with Crippen LogP contribution in [0.25, 0.3) is 0 Å². The van der Waals surface area contributed by atoms with Crippen LogP contribution in [0.3, 0.4) is 0 Å². The first-order valence-electron chi connectivity index (χ1n) is 8.99.